The van der Waals surface area contributed by atoms with Crippen molar-refractivity contribution in [2.45, 2.75) is 58.4 Å². The first-order valence-electron chi connectivity index (χ1n) is 10.2. The minimum Gasteiger partial charge on any atom is -0.326 e. The molecule has 1 amide bonds. The Kier molecular flexibility index (Phi) is 5.25. The van der Waals surface area contributed by atoms with Crippen molar-refractivity contribution < 1.29 is 4.79 Å². The van der Waals surface area contributed by atoms with Crippen molar-refractivity contribution >= 4 is 11.6 Å². The average Bonchev–Trinajstić information content (AvgIpc) is 3.04. The highest BCUT2D eigenvalue weighted by Crippen LogP contribution is 2.28. The Morgan fingerprint density at radius 1 is 1.11 bits per heavy atom. The summed E-state index contributed by atoms with van der Waals surface area (Å²) in [7, 11) is 0. The van der Waals surface area contributed by atoms with Gasteiger partial charge in [-0.1, -0.05) is 12.8 Å². The minimum absolute atomic E-state index is 0.0926. The van der Waals surface area contributed by atoms with Crippen molar-refractivity contribution in [3.05, 3.63) is 30.1 Å². The summed E-state index contributed by atoms with van der Waals surface area (Å²) >= 11 is 0. The van der Waals surface area contributed by atoms with Crippen LogP contribution in [0.25, 0.3) is 11.4 Å². The van der Waals surface area contributed by atoms with Crippen LogP contribution >= 0.6 is 0 Å². The van der Waals surface area contributed by atoms with Crippen LogP contribution in [0.3, 0.4) is 0 Å². The highest BCUT2D eigenvalue weighted by molar-refractivity contribution is 5.95. The second kappa shape index (κ2) is 7.80. The number of amides is 1. The highest BCUT2D eigenvalue weighted by atomic mass is 16.2. The molecule has 1 atom stereocenters. The van der Waals surface area contributed by atoms with Gasteiger partial charge in [-0.15, -0.1) is 10.2 Å². The summed E-state index contributed by atoms with van der Waals surface area (Å²) < 4.78 is 2.27. The standard InChI is InChI=1S/C21H29N5O/c1-21(12-6-13-22-15-21)20(27)23-17-10-8-16(9-11-17)19-25-24-18-7-4-2-3-5-14-26(18)19/h8-11,22H,2-7,12-15H2,1H3,(H,23,27). The predicted octanol–water partition coefficient (Wildman–Crippen LogP) is 3.39. The topological polar surface area (TPSA) is 71.8 Å². The first kappa shape index (κ1) is 18.2. The summed E-state index contributed by atoms with van der Waals surface area (Å²) in [6.45, 7) is 4.77. The summed E-state index contributed by atoms with van der Waals surface area (Å²) in [6, 6.07) is 8.01. The molecule has 0 bridgehead atoms. The Balaban J connectivity index is 1.49. The second-order valence-electron chi connectivity index (χ2n) is 8.13. The summed E-state index contributed by atoms with van der Waals surface area (Å²) in [6.07, 6.45) is 7.90. The zero-order valence-electron chi connectivity index (χ0n) is 16.1. The van der Waals surface area contributed by atoms with Crippen molar-refractivity contribution in [1.29, 1.82) is 0 Å². The number of nitrogens with zero attached hydrogens (tertiary/aromatic N) is 3. The van der Waals surface area contributed by atoms with E-state index in [1.54, 1.807) is 0 Å². The summed E-state index contributed by atoms with van der Waals surface area (Å²) in [4.78, 5) is 12.7. The molecular weight excluding hydrogens is 338 g/mol. The molecule has 0 radical (unpaired) electrons. The fourth-order valence-electron chi connectivity index (χ4n) is 4.11. The van der Waals surface area contributed by atoms with Gasteiger partial charge >= 0.3 is 0 Å². The maximum atomic E-state index is 12.7. The smallest absolute Gasteiger partial charge is 0.231 e. The molecule has 2 aromatic rings. The molecule has 27 heavy (non-hydrogen) atoms. The molecule has 0 aliphatic carbocycles. The van der Waals surface area contributed by atoms with Gasteiger partial charge in [0, 0.05) is 30.8 Å². The molecule has 144 valence electrons. The molecule has 2 aliphatic rings. The number of aromatic nitrogens is 3. The molecule has 4 rings (SSSR count). The van der Waals surface area contributed by atoms with E-state index in [2.05, 4.69) is 25.4 Å². The van der Waals surface area contributed by atoms with Crippen LogP contribution in [0.2, 0.25) is 0 Å². The number of nitrogens with one attached hydrogen (secondary N) is 2. The Morgan fingerprint density at radius 2 is 1.93 bits per heavy atom. The van der Waals surface area contributed by atoms with Gasteiger partial charge in [-0.2, -0.15) is 0 Å². The van der Waals surface area contributed by atoms with Crippen LogP contribution in [0.1, 0.15) is 51.3 Å². The number of anilines is 1. The van der Waals surface area contributed by atoms with Crippen molar-refractivity contribution in [2.75, 3.05) is 18.4 Å². The molecule has 3 heterocycles. The van der Waals surface area contributed by atoms with Gasteiger partial charge in [-0.3, -0.25) is 4.79 Å². The van der Waals surface area contributed by atoms with E-state index in [1.807, 2.05) is 31.2 Å². The van der Waals surface area contributed by atoms with E-state index in [9.17, 15) is 4.79 Å². The van der Waals surface area contributed by atoms with E-state index in [0.717, 1.165) is 61.8 Å². The van der Waals surface area contributed by atoms with Crippen LogP contribution in [0.4, 0.5) is 5.69 Å². The number of rotatable bonds is 3. The third kappa shape index (κ3) is 3.90. The van der Waals surface area contributed by atoms with Gasteiger partial charge in [0.05, 0.1) is 5.41 Å². The van der Waals surface area contributed by atoms with E-state index in [4.69, 9.17) is 0 Å². The van der Waals surface area contributed by atoms with Gasteiger partial charge in [0.1, 0.15) is 5.82 Å². The lowest BCUT2D eigenvalue weighted by Gasteiger charge is -2.32. The number of hydrogen-bond acceptors (Lipinski definition) is 4. The highest BCUT2D eigenvalue weighted by Gasteiger charge is 2.34. The first-order valence-corrected chi connectivity index (χ1v) is 10.2. The zero-order chi connectivity index (χ0) is 18.7. The van der Waals surface area contributed by atoms with Crippen molar-refractivity contribution in [2.24, 2.45) is 5.41 Å². The van der Waals surface area contributed by atoms with E-state index in [-0.39, 0.29) is 11.3 Å². The Morgan fingerprint density at radius 3 is 2.70 bits per heavy atom. The van der Waals surface area contributed by atoms with Crippen LogP contribution < -0.4 is 10.6 Å². The van der Waals surface area contributed by atoms with Crippen LogP contribution in [0.15, 0.2) is 24.3 Å². The monoisotopic (exact) mass is 367 g/mol. The number of hydrogen-bond donors (Lipinski definition) is 2. The van der Waals surface area contributed by atoms with Gasteiger partial charge in [-0.25, -0.2) is 0 Å². The minimum atomic E-state index is -0.334. The first-order chi connectivity index (χ1) is 13.2. The normalized spacial score (nSPS) is 23.1. The van der Waals surface area contributed by atoms with Crippen molar-refractivity contribution in [3.63, 3.8) is 0 Å². The molecule has 1 fully saturated rings. The quantitative estimate of drug-likeness (QED) is 0.872. The van der Waals surface area contributed by atoms with Gasteiger partial charge in [0.2, 0.25) is 5.91 Å². The molecule has 2 aliphatic heterocycles. The largest absolute Gasteiger partial charge is 0.326 e. The molecule has 1 saturated heterocycles. The molecule has 0 spiro atoms. The SMILES string of the molecule is CC1(C(=O)Nc2ccc(-c3nnc4n3CCCCCC4)cc2)CCCNC1. The fraction of sp³-hybridized carbons (Fsp3) is 0.571. The maximum absolute atomic E-state index is 12.7. The fourth-order valence-corrected chi connectivity index (χ4v) is 4.11. The summed E-state index contributed by atoms with van der Waals surface area (Å²) in [5, 5.41) is 15.3. The maximum Gasteiger partial charge on any atom is 0.231 e. The van der Waals surface area contributed by atoms with Crippen LogP contribution in [-0.2, 0) is 17.8 Å². The predicted molar refractivity (Wildman–Crippen MR) is 106 cm³/mol. The Labute approximate surface area is 160 Å². The molecule has 6 nitrogen and oxygen atoms in total. The van der Waals surface area contributed by atoms with E-state index in [0.29, 0.717) is 0 Å². The third-order valence-electron chi connectivity index (χ3n) is 5.91. The van der Waals surface area contributed by atoms with Gasteiger partial charge in [0.25, 0.3) is 0 Å². The number of fused-ring (bicyclic) bond motifs is 1. The third-order valence-corrected chi connectivity index (χ3v) is 5.91. The van der Waals surface area contributed by atoms with Crippen LogP contribution in [-0.4, -0.2) is 33.8 Å². The van der Waals surface area contributed by atoms with Gasteiger partial charge in [0.15, 0.2) is 5.82 Å². The number of carbonyl (C=O) groups excluding carboxylic acids is 1. The molecular formula is C21H29N5O. The average molecular weight is 367 g/mol. The van der Waals surface area contributed by atoms with Crippen LogP contribution in [0, 0.1) is 5.41 Å². The van der Waals surface area contributed by atoms with Gasteiger partial charge < -0.3 is 15.2 Å². The van der Waals surface area contributed by atoms with E-state index in [1.165, 1.54) is 25.7 Å². The summed E-state index contributed by atoms with van der Waals surface area (Å²) in [5.74, 6) is 2.13. The zero-order valence-corrected chi connectivity index (χ0v) is 16.1. The molecule has 1 aromatic heterocycles. The van der Waals surface area contributed by atoms with E-state index >= 15 is 0 Å². The van der Waals surface area contributed by atoms with E-state index < -0.39 is 0 Å². The van der Waals surface area contributed by atoms with Crippen molar-refractivity contribution in [1.82, 2.24) is 20.1 Å². The van der Waals surface area contributed by atoms with Crippen LogP contribution in [0.5, 0.6) is 0 Å². The molecule has 1 aromatic carbocycles. The number of piperidine rings is 1. The molecule has 0 saturated carbocycles. The Hall–Kier alpha value is -2.21. The molecule has 6 heteroatoms. The van der Waals surface area contributed by atoms with Gasteiger partial charge in [-0.05, 0) is 63.4 Å². The van der Waals surface area contributed by atoms with Crippen molar-refractivity contribution in [3.8, 4) is 11.4 Å². The Bertz CT molecular complexity index is 789. The lowest BCUT2D eigenvalue weighted by Crippen LogP contribution is -2.46. The lowest BCUT2D eigenvalue weighted by atomic mass is 9.82. The lowest BCUT2D eigenvalue weighted by molar-refractivity contribution is -0.125. The summed E-state index contributed by atoms with van der Waals surface area (Å²) in [5.41, 5.74) is 1.56. The number of carbonyl (C=O) groups is 1. The molecule has 2 N–H and O–H groups in total. The number of aryl methyl sites for hydroxylation is 1. The number of benzene rings is 1. The second-order valence-corrected chi connectivity index (χ2v) is 8.13. The molecule has 1 unspecified atom stereocenters.